The number of carboxylic acids is 1. The van der Waals surface area contributed by atoms with Crippen LogP contribution in [0.2, 0.25) is 0 Å². The van der Waals surface area contributed by atoms with Gasteiger partial charge in [-0.2, -0.15) is 0 Å². The predicted molar refractivity (Wildman–Crippen MR) is 62.7 cm³/mol. The van der Waals surface area contributed by atoms with Crippen molar-refractivity contribution in [2.24, 2.45) is 0 Å². The minimum Gasteiger partial charge on any atom is -0.479 e. The van der Waals surface area contributed by atoms with E-state index in [1.54, 1.807) is 11.9 Å². The Bertz CT molecular complexity index is 274. The highest BCUT2D eigenvalue weighted by atomic mass is 16.5. The van der Waals surface area contributed by atoms with E-state index in [2.05, 4.69) is 0 Å². The molecular weight excluding hydrogens is 222 g/mol. The lowest BCUT2D eigenvalue weighted by molar-refractivity contribution is -0.153. The molecule has 0 aromatic carbocycles. The topological polar surface area (TPSA) is 66.8 Å². The molecule has 17 heavy (non-hydrogen) atoms. The molecule has 1 fully saturated rings. The summed E-state index contributed by atoms with van der Waals surface area (Å²) in [6, 6.07) is 0.292. The van der Waals surface area contributed by atoms with Crippen molar-refractivity contribution in [2.45, 2.75) is 51.2 Å². The minimum absolute atomic E-state index is 0.134. The van der Waals surface area contributed by atoms with Gasteiger partial charge in [0.15, 0.2) is 6.10 Å². The number of aliphatic carboxylic acids is 1. The zero-order valence-corrected chi connectivity index (χ0v) is 10.5. The number of carbonyl (C=O) groups is 2. The molecule has 0 aromatic heterocycles. The molecule has 1 aliphatic rings. The summed E-state index contributed by atoms with van der Waals surface area (Å²) < 4.78 is 4.99. The summed E-state index contributed by atoms with van der Waals surface area (Å²) in [6.45, 7) is 1.27. The quantitative estimate of drug-likeness (QED) is 0.789. The maximum atomic E-state index is 11.8. The van der Waals surface area contributed by atoms with Crippen LogP contribution >= 0.6 is 0 Å². The van der Waals surface area contributed by atoms with Gasteiger partial charge in [-0.05, 0) is 19.8 Å². The normalized spacial score (nSPS) is 18.7. The summed E-state index contributed by atoms with van der Waals surface area (Å²) in [6.07, 6.45) is 4.71. The third-order valence-corrected chi connectivity index (χ3v) is 3.32. The van der Waals surface area contributed by atoms with Crippen LogP contribution < -0.4 is 0 Å². The lowest BCUT2D eigenvalue weighted by Gasteiger charge is -2.31. The number of ether oxygens (including phenoxy) is 1. The Labute approximate surface area is 102 Å². The number of carboxylic acid groups (broad SMARTS) is 1. The standard InChI is InChI=1S/C12H21NO4/c1-9(12(15)16)17-8-11(14)13(2)10-6-4-3-5-7-10/h9-10H,3-8H2,1-2H3,(H,15,16)/t9-/m0/s1. The van der Waals surface area contributed by atoms with Crippen LogP contribution in [0.25, 0.3) is 0 Å². The van der Waals surface area contributed by atoms with E-state index in [0.717, 1.165) is 25.7 Å². The maximum absolute atomic E-state index is 11.8. The molecule has 0 bridgehead atoms. The van der Waals surface area contributed by atoms with E-state index in [1.807, 2.05) is 0 Å². The molecule has 1 N–H and O–H groups in total. The average molecular weight is 243 g/mol. The average Bonchev–Trinajstić information content (AvgIpc) is 2.35. The number of rotatable bonds is 5. The molecule has 5 nitrogen and oxygen atoms in total. The first-order chi connectivity index (χ1) is 8.02. The van der Waals surface area contributed by atoms with Crippen molar-refractivity contribution >= 4 is 11.9 Å². The number of likely N-dealkylation sites (N-methyl/N-ethyl adjacent to an activating group) is 1. The van der Waals surface area contributed by atoms with Crippen molar-refractivity contribution in [1.29, 1.82) is 0 Å². The van der Waals surface area contributed by atoms with Crippen LogP contribution in [0.5, 0.6) is 0 Å². The predicted octanol–water partition coefficient (Wildman–Crippen LogP) is 1.27. The van der Waals surface area contributed by atoms with E-state index in [0.29, 0.717) is 6.04 Å². The number of carbonyl (C=O) groups excluding carboxylic acids is 1. The van der Waals surface area contributed by atoms with Crippen molar-refractivity contribution in [1.82, 2.24) is 4.90 Å². The van der Waals surface area contributed by atoms with Gasteiger partial charge < -0.3 is 14.7 Å². The third-order valence-electron chi connectivity index (χ3n) is 3.32. The fourth-order valence-corrected chi connectivity index (χ4v) is 2.04. The molecule has 0 aliphatic heterocycles. The first-order valence-electron chi connectivity index (χ1n) is 6.12. The second kappa shape index (κ2) is 6.59. The second-order valence-electron chi connectivity index (χ2n) is 4.59. The van der Waals surface area contributed by atoms with Gasteiger partial charge in [-0.1, -0.05) is 19.3 Å². The minimum atomic E-state index is -1.04. The van der Waals surface area contributed by atoms with Crippen LogP contribution in [0.15, 0.2) is 0 Å². The van der Waals surface area contributed by atoms with Crippen LogP contribution in [0, 0.1) is 0 Å². The molecular formula is C12H21NO4. The van der Waals surface area contributed by atoms with Crippen LogP contribution in [-0.4, -0.2) is 47.7 Å². The number of nitrogens with zero attached hydrogens (tertiary/aromatic N) is 1. The Morgan fingerprint density at radius 2 is 1.94 bits per heavy atom. The van der Waals surface area contributed by atoms with Gasteiger partial charge in [-0.25, -0.2) is 4.79 Å². The Morgan fingerprint density at radius 3 is 2.47 bits per heavy atom. The third kappa shape index (κ3) is 4.34. The smallest absolute Gasteiger partial charge is 0.332 e. The lowest BCUT2D eigenvalue weighted by Crippen LogP contribution is -2.41. The molecule has 1 rings (SSSR count). The van der Waals surface area contributed by atoms with E-state index >= 15 is 0 Å². The molecule has 0 saturated heterocycles. The highest BCUT2D eigenvalue weighted by Crippen LogP contribution is 2.21. The first-order valence-corrected chi connectivity index (χ1v) is 6.12. The Hall–Kier alpha value is -1.10. The number of amides is 1. The van der Waals surface area contributed by atoms with Gasteiger partial charge in [0.05, 0.1) is 0 Å². The summed E-state index contributed by atoms with van der Waals surface area (Å²) >= 11 is 0. The van der Waals surface area contributed by atoms with Crippen LogP contribution in [0.3, 0.4) is 0 Å². The molecule has 1 aliphatic carbocycles. The van der Waals surface area contributed by atoms with Gasteiger partial charge in [0, 0.05) is 13.1 Å². The summed E-state index contributed by atoms with van der Waals surface area (Å²) in [7, 11) is 1.77. The molecule has 1 saturated carbocycles. The van der Waals surface area contributed by atoms with Crippen molar-refractivity contribution < 1.29 is 19.4 Å². The SMILES string of the molecule is C[C@H](OCC(=O)N(C)C1CCCCC1)C(=O)O. The zero-order valence-electron chi connectivity index (χ0n) is 10.5. The largest absolute Gasteiger partial charge is 0.479 e. The molecule has 98 valence electrons. The zero-order chi connectivity index (χ0) is 12.8. The van der Waals surface area contributed by atoms with Crippen molar-refractivity contribution in [3.05, 3.63) is 0 Å². The van der Waals surface area contributed by atoms with E-state index in [4.69, 9.17) is 9.84 Å². The van der Waals surface area contributed by atoms with Crippen molar-refractivity contribution in [3.8, 4) is 0 Å². The summed E-state index contributed by atoms with van der Waals surface area (Å²) in [5.74, 6) is -1.18. The van der Waals surface area contributed by atoms with E-state index < -0.39 is 12.1 Å². The molecule has 0 spiro atoms. The molecule has 5 heteroatoms. The van der Waals surface area contributed by atoms with Crippen LogP contribution in [-0.2, 0) is 14.3 Å². The molecule has 0 radical (unpaired) electrons. The maximum Gasteiger partial charge on any atom is 0.332 e. The lowest BCUT2D eigenvalue weighted by atomic mass is 9.94. The second-order valence-corrected chi connectivity index (χ2v) is 4.59. The van der Waals surface area contributed by atoms with E-state index in [1.165, 1.54) is 13.3 Å². The van der Waals surface area contributed by atoms with Gasteiger partial charge in [-0.15, -0.1) is 0 Å². The van der Waals surface area contributed by atoms with Gasteiger partial charge in [0.2, 0.25) is 5.91 Å². The summed E-state index contributed by atoms with van der Waals surface area (Å²) in [4.78, 5) is 24.0. The van der Waals surface area contributed by atoms with Gasteiger partial charge in [0.25, 0.3) is 0 Å². The Balaban J connectivity index is 2.33. The fourth-order valence-electron chi connectivity index (χ4n) is 2.04. The van der Waals surface area contributed by atoms with Crippen molar-refractivity contribution in [2.75, 3.05) is 13.7 Å². The molecule has 0 heterocycles. The van der Waals surface area contributed by atoms with Gasteiger partial charge >= 0.3 is 5.97 Å². The first kappa shape index (κ1) is 14.0. The van der Waals surface area contributed by atoms with Crippen molar-refractivity contribution in [3.63, 3.8) is 0 Å². The summed E-state index contributed by atoms with van der Waals surface area (Å²) in [5, 5.41) is 8.63. The van der Waals surface area contributed by atoms with Gasteiger partial charge in [-0.3, -0.25) is 4.79 Å². The molecule has 0 unspecified atom stereocenters. The van der Waals surface area contributed by atoms with E-state index in [9.17, 15) is 9.59 Å². The molecule has 0 aromatic rings. The van der Waals surface area contributed by atoms with Crippen LogP contribution in [0.4, 0.5) is 0 Å². The van der Waals surface area contributed by atoms with E-state index in [-0.39, 0.29) is 12.5 Å². The Kier molecular flexibility index (Phi) is 5.41. The van der Waals surface area contributed by atoms with Crippen LogP contribution in [0.1, 0.15) is 39.0 Å². The molecule has 1 atom stereocenters. The number of hydrogen-bond acceptors (Lipinski definition) is 3. The fraction of sp³-hybridized carbons (Fsp3) is 0.833. The number of hydrogen-bond donors (Lipinski definition) is 1. The molecule has 1 amide bonds. The monoisotopic (exact) mass is 243 g/mol. The highest BCUT2D eigenvalue weighted by Gasteiger charge is 2.23. The highest BCUT2D eigenvalue weighted by molar-refractivity contribution is 5.78. The summed E-state index contributed by atoms with van der Waals surface area (Å²) in [5.41, 5.74) is 0. The van der Waals surface area contributed by atoms with Gasteiger partial charge in [0.1, 0.15) is 6.61 Å². The Morgan fingerprint density at radius 1 is 1.35 bits per heavy atom.